The molecule has 0 amide bonds. The summed E-state index contributed by atoms with van der Waals surface area (Å²) in [5.74, 6) is -1.15. The molecule has 1 rings (SSSR count). The first-order valence-electron chi connectivity index (χ1n) is 5.08. The molecule has 1 aliphatic heterocycles. The fraction of sp³-hybridized carbons (Fsp3) is 0.900. The van der Waals surface area contributed by atoms with E-state index in [0.29, 0.717) is 26.1 Å². The summed E-state index contributed by atoms with van der Waals surface area (Å²) >= 11 is 0. The highest BCUT2D eigenvalue weighted by Crippen LogP contribution is 2.18. The van der Waals surface area contributed by atoms with Crippen LogP contribution in [-0.2, 0) is 19.0 Å². The number of carbonyl (C=O) groups excluding carboxylic acids is 1. The molecule has 5 heteroatoms. The molecular weight excluding hydrogens is 200 g/mol. The molecule has 2 atom stereocenters. The second-order valence-electron chi connectivity index (χ2n) is 4.13. The smallest absolute Gasteiger partial charge is 0.293 e. The molecule has 1 fully saturated rings. The number of hydrogen-bond acceptors (Lipinski definition) is 5. The summed E-state index contributed by atoms with van der Waals surface area (Å²) in [4.78, 5) is 10.2. The quantitative estimate of drug-likeness (QED) is 0.536. The van der Waals surface area contributed by atoms with Gasteiger partial charge in [0, 0.05) is 12.8 Å². The van der Waals surface area contributed by atoms with Crippen molar-refractivity contribution in [3.05, 3.63) is 0 Å². The molecule has 1 aliphatic rings. The monoisotopic (exact) mass is 218 g/mol. The van der Waals surface area contributed by atoms with Gasteiger partial charge < -0.3 is 19.3 Å². The topological polar surface area (TPSA) is 65.0 Å². The zero-order chi connectivity index (χ0) is 11.3. The predicted octanol–water partition coefficient (Wildman–Crippen LogP) is 0.452. The standard InChI is InChI=1S/C10H18O5/c1-10(2,12)15-6-9-5-8(14-7-11)3-4-13-9/h7-9,12H,3-6H2,1-2H3. The third-order valence-corrected chi connectivity index (χ3v) is 2.19. The SMILES string of the molecule is CC(C)(O)OCC1CC(OC=O)CCO1. The van der Waals surface area contributed by atoms with Crippen molar-refractivity contribution in [3.8, 4) is 0 Å². The molecular formula is C10H18O5. The van der Waals surface area contributed by atoms with Crippen molar-refractivity contribution in [3.63, 3.8) is 0 Å². The largest absolute Gasteiger partial charge is 0.464 e. The molecule has 0 aliphatic carbocycles. The van der Waals surface area contributed by atoms with Crippen LogP contribution in [-0.4, -0.2) is 42.8 Å². The van der Waals surface area contributed by atoms with Gasteiger partial charge in [-0.15, -0.1) is 0 Å². The van der Waals surface area contributed by atoms with E-state index in [0.717, 1.165) is 6.42 Å². The second-order valence-corrected chi connectivity index (χ2v) is 4.13. The van der Waals surface area contributed by atoms with Crippen LogP contribution < -0.4 is 0 Å². The number of rotatable bonds is 5. The lowest BCUT2D eigenvalue weighted by Crippen LogP contribution is -2.36. The molecule has 0 aromatic rings. The van der Waals surface area contributed by atoms with E-state index in [2.05, 4.69) is 0 Å². The Morgan fingerprint density at radius 3 is 2.93 bits per heavy atom. The van der Waals surface area contributed by atoms with Gasteiger partial charge in [-0.25, -0.2) is 0 Å². The third kappa shape index (κ3) is 5.11. The minimum Gasteiger partial charge on any atom is -0.464 e. The maximum Gasteiger partial charge on any atom is 0.293 e. The lowest BCUT2D eigenvalue weighted by Gasteiger charge is -2.30. The van der Waals surface area contributed by atoms with Crippen LogP contribution in [0.3, 0.4) is 0 Å². The summed E-state index contributed by atoms with van der Waals surface area (Å²) in [6.45, 7) is 4.45. The summed E-state index contributed by atoms with van der Waals surface area (Å²) in [6.07, 6.45) is 1.13. The Balaban J connectivity index is 2.27. The molecule has 0 aromatic heterocycles. The average molecular weight is 218 g/mol. The summed E-state index contributed by atoms with van der Waals surface area (Å²) in [7, 11) is 0. The maximum atomic E-state index is 10.2. The summed E-state index contributed by atoms with van der Waals surface area (Å²) in [5.41, 5.74) is 0. The van der Waals surface area contributed by atoms with Gasteiger partial charge in [0.25, 0.3) is 6.47 Å². The molecule has 0 spiro atoms. The first-order valence-corrected chi connectivity index (χ1v) is 5.08. The highest BCUT2D eigenvalue weighted by molar-refractivity contribution is 5.37. The Labute approximate surface area is 89.3 Å². The Hall–Kier alpha value is -0.650. The lowest BCUT2D eigenvalue weighted by atomic mass is 10.1. The highest BCUT2D eigenvalue weighted by Gasteiger charge is 2.25. The molecule has 15 heavy (non-hydrogen) atoms. The zero-order valence-corrected chi connectivity index (χ0v) is 9.14. The second kappa shape index (κ2) is 5.44. The Bertz CT molecular complexity index is 198. The van der Waals surface area contributed by atoms with Gasteiger partial charge in [0.1, 0.15) is 6.10 Å². The molecule has 2 unspecified atom stereocenters. The summed E-state index contributed by atoms with van der Waals surface area (Å²) < 4.78 is 15.5. The number of carbonyl (C=O) groups is 1. The van der Waals surface area contributed by atoms with Crippen LogP contribution in [0.5, 0.6) is 0 Å². The van der Waals surface area contributed by atoms with E-state index in [9.17, 15) is 9.90 Å². The molecule has 0 bridgehead atoms. The van der Waals surface area contributed by atoms with Gasteiger partial charge in [-0.1, -0.05) is 0 Å². The molecule has 1 heterocycles. The van der Waals surface area contributed by atoms with Gasteiger partial charge in [-0.3, -0.25) is 4.79 Å². The zero-order valence-electron chi connectivity index (χ0n) is 9.14. The first kappa shape index (κ1) is 12.4. The third-order valence-electron chi connectivity index (χ3n) is 2.19. The number of aliphatic hydroxyl groups is 1. The fourth-order valence-corrected chi connectivity index (χ4v) is 1.46. The van der Waals surface area contributed by atoms with Crippen molar-refractivity contribution in [2.75, 3.05) is 13.2 Å². The molecule has 0 aromatic carbocycles. The van der Waals surface area contributed by atoms with Gasteiger partial charge in [-0.2, -0.15) is 0 Å². The Morgan fingerprint density at radius 1 is 1.60 bits per heavy atom. The van der Waals surface area contributed by atoms with Gasteiger partial charge in [-0.05, 0) is 13.8 Å². The van der Waals surface area contributed by atoms with Crippen molar-refractivity contribution < 1.29 is 24.1 Å². The first-order chi connectivity index (χ1) is 7.01. The van der Waals surface area contributed by atoms with Crippen LogP contribution in [0.15, 0.2) is 0 Å². The van der Waals surface area contributed by atoms with Crippen molar-refractivity contribution in [1.29, 1.82) is 0 Å². The summed E-state index contributed by atoms with van der Waals surface area (Å²) in [5, 5.41) is 9.35. The number of hydrogen-bond donors (Lipinski definition) is 1. The van der Waals surface area contributed by atoms with Crippen LogP contribution in [0.1, 0.15) is 26.7 Å². The van der Waals surface area contributed by atoms with E-state index in [1.165, 1.54) is 0 Å². The van der Waals surface area contributed by atoms with Gasteiger partial charge in [0.05, 0.1) is 19.3 Å². The highest BCUT2D eigenvalue weighted by atomic mass is 16.6. The number of ether oxygens (including phenoxy) is 3. The van der Waals surface area contributed by atoms with Crippen molar-refractivity contribution >= 4 is 6.47 Å². The lowest BCUT2D eigenvalue weighted by molar-refractivity contribution is -0.203. The van der Waals surface area contributed by atoms with Crippen LogP contribution in [0.25, 0.3) is 0 Å². The molecule has 0 saturated carbocycles. The maximum absolute atomic E-state index is 10.2. The van der Waals surface area contributed by atoms with Crippen LogP contribution in [0.4, 0.5) is 0 Å². The normalized spacial score (nSPS) is 27.4. The van der Waals surface area contributed by atoms with Gasteiger partial charge >= 0.3 is 0 Å². The van der Waals surface area contributed by atoms with Gasteiger partial charge in [0.15, 0.2) is 5.79 Å². The van der Waals surface area contributed by atoms with E-state index in [1.54, 1.807) is 13.8 Å². The summed E-state index contributed by atoms with van der Waals surface area (Å²) in [6, 6.07) is 0. The molecule has 88 valence electrons. The van der Waals surface area contributed by atoms with E-state index < -0.39 is 5.79 Å². The molecule has 1 N–H and O–H groups in total. The van der Waals surface area contributed by atoms with Crippen LogP contribution >= 0.6 is 0 Å². The molecule has 0 radical (unpaired) electrons. The van der Waals surface area contributed by atoms with E-state index >= 15 is 0 Å². The van der Waals surface area contributed by atoms with Crippen molar-refractivity contribution in [1.82, 2.24) is 0 Å². The predicted molar refractivity (Wildman–Crippen MR) is 52.2 cm³/mol. The Kier molecular flexibility index (Phi) is 4.50. The molecule has 5 nitrogen and oxygen atoms in total. The minimum absolute atomic E-state index is 0.0911. The van der Waals surface area contributed by atoms with Gasteiger partial charge in [0.2, 0.25) is 0 Å². The van der Waals surface area contributed by atoms with Crippen LogP contribution in [0, 0.1) is 0 Å². The fourth-order valence-electron chi connectivity index (χ4n) is 1.46. The average Bonchev–Trinajstić information content (AvgIpc) is 2.15. The van der Waals surface area contributed by atoms with E-state index in [1.807, 2.05) is 0 Å². The van der Waals surface area contributed by atoms with Crippen molar-refractivity contribution in [2.45, 2.75) is 44.7 Å². The van der Waals surface area contributed by atoms with Crippen molar-refractivity contribution in [2.24, 2.45) is 0 Å². The van der Waals surface area contributed by atoms with E-state index in [4.69, 9.17) is 14.2 Å². The minimum atomic E-state index is -1.15. The van der Waals surface area contributed by atoms with Crippen LogP contribution in [0.2, 0.25) is 0 Å². The van der Waals surface area contributed by atoms with E-state index in [-0.39, 0.29) is 12.2 Å². The Morgan fingerprint density at radius 2 is 2.33 bits per heavy atom. The molecule has 1 saturated heterocycles.